The van der Waals surface area contributed by atoms with Crippen molar-refractivity contribution in [2.45, 2.75) is 58.7 Å². The largest absolute Gasteiger partial charge is 0.497 e. The number of rotatable bonds is 14. The molecule has 0 bridgehead atoms. The summed E-state index contributed by atoms with van der Waals surface area (Å²) in [7, 11) is 3.67. The molecule has 44 heavy (non-hydrogen) atoms. The number of thiophene rings is 1. The van der Waals surface area contributed by atoms with Gasteiger partial charge in [0.2, 0.25) is 5.43 Å². The van der Waals surface area contributed by atoms with Gasteiger partial charge in [0.25, 0.3) is 0 Å². The Labute approximate surface area is 262 Å². The Kier molecular flexibility index (Phi) is 10.4. The zero-order chi connectivity index (χ0) is 31.1. The number of halogens is 1. The van der Waals surface area contributed by atoms with Gasteiger partial charge in [-0.25, -0.2) is 4.39 Å². The number of unbranched alkanes of at least 4 members (excludes halogenated alkanes) is 3. The molecule has 2 heterocycles. The lowest BCUT2D eigenvalue weighted by atomic mass is 10.0. The molecule has 0 saturated carbocycles. The van der Waals surface area contributed by atoms with Gasteiger partial charge in [0.1, 0.15) is 16.4 Å². The summed E-state index contributed by atoms with van der Waals surface area (Å²) in [6, 6.07) is 24.7. The second-order valence-corrected chi connectivity index (χ2v) is 12.3. The minimum absolute atomic E-state index is 0.156. The van der Waals surface area contributed by atoms with Gasteiger partial charge in [0, 0.05) is 36.1 Å². The number of methoxy groups -OCH3 is 1. The summed E-state index contributed by atoms with van der Waals surface area (Å²) in [5.74, 6) is 0.269. The van der Waals surface area contributed by atoms with Crippen molar-refractivity contribution in [3.8, 4) is 16.2 Å². The van der Waals surface area contributed by atoms with Crippen LogP contribution in [0.2, 0.25) is 0 Å². The van der Waals surface area contributed by atoms with Crippen LogP contribution in [0.1, 0.15) is 66.1 Å². The fourth-order valence-electron chi connectivity index (χ4n) is 5.62. The van der Waals surface area contributed by atoms with Crippen LogP contribution >= 0.6 is 11.3 Å². The molecule has 0 amide bonds. The Balaban J connectivity index is 1.68. The average Bonchev–Trinajstić information content (AvgIpc) is 3.41. The van der Waals surface area contributed by atoms with E-state index in [1.165, 1.54) is 23.0 Å². The summed E-state index contributed by atoms with van der Waals surface area (Å²) >= 11 is 1.51. The van der Waals surface area contributed by atoms with Gasteiger partial charge in [-0.1, -0.05) is 74.7 Å². The molecule has 0 atom stereocenters. The van der Waals surface area contributed by atoms with Gasteiger partial charge in [0.05, 0.1) is 24.6 Å². The van der Waals surface area contributed by atoms with E-state index in [1.54, 1.807) is 31.5 Å². The van der Waals surface area contributed by atoms with E-state index in [4.69, 9.17) is 4.74 Å². The number of nitrogens with zero attached hydrogens (tertiary/aromatic N) is 2. The predicted molar refractivity (Wildman–Crippen MR) is 178 cm³/mol. The molecule has 0 radical (unpaired) electrons. The van der Waals surface area contributed by atoms with Crippen molar-refractivity contribution in [1.29, 1.82) is 0 Å². The second-order valence-electron chi connectivity index (χ2n) is 11.3. The van der Waals surface area contributed by atoms with Crippen molar-refractivity contribution < 1.29 is 13.9 Å². The number of pyridine rings is 1. The predicted octanol–water partition coefficient (Wildman–Crippen LogP) is 8.71. The number of ketones is 1. The molecular weight excluding hydrogens is 571 g/mol. The molecule has 0 N–H and O–H groups in total. The maximum atomic E-state index is 14.9. The lowest BCUT2D eigenvalue weighted by molar-refractivity contribution is 0.0977. The molecule has 2 aromatic heterocycles. The zero-order valence-corrected chi connectivity index (χ0v) is 26.5. The normalized spacial score (nSPS) is 11.4. The van der Waals surface area contributed by atoms with E-state index >= 15 is 0 Å². The molecule has 0 fully saturated rings. The summed E-state index contributed by atoms with van der Waals surface area (Å²) in [5.41, 5.74) is 3.43. The van der Waals surface area contributed by atoms with Crippen molar-refractivity contribution in [1.82, 2.24) is 9.47 Å². The molecule has 7 heteroatoms. The van der Waals surface area contributed by atoms with Crippen LogP contribution in [0.15, 0.2) is 89.9 Å². The Morgan fingerprint density at radius 2 is 1.66 bits per heavy atom. The molecule has 5 rings (SSSR count). The molecule has 0 spiro atoms. The third kappa shape index (κ3) is 7.17. The van der Waals surface area contributed by atoms with Crippen LogP contribution in [0.4, 0.5) is 4.39 Å². The first-order chi connectivity index (χ1) is 21.4. The topological polar surface area (TPSA) is 51.5 Å². The van der Waals surface area contributed by atoms with Crippen molar-refractivity contribution in [2.24, 2.45) is 0 Å². The highest BCUT2D eigenvalue weighted by Gasteiger charge is 2.24. The van der Waals surface area contributed by atoms with E-state index in [2.05, 4.69) is 24.0 Å². The average molecular weight is 611 g/mol. The van der Waals surface area contributed by atoms with Gasteiger partial charge in [-0.3, -0.25) is 14.5 Å². The minimum Gasteiger partial charge on any atom is -0.497 e. The fraction of sp³-hybridized carbons (Fsp3) is 0.297. The monoisotopic (exact) mass is 610 g/mol. The standard InChI is InChI=1S/C37H39FN2O3S/c1-4-5-6-10-17-33(41)30-25-40(23-28-15-11-12-16-32(28)38)37-34(35(30)42)31(24-39(2)22-26-13-8-7-9-14-26)36(44-37)27-18-20-29(43-3)21-19-27/h7-9,11-16,18-21,25H,4-6,10,17,22-24H2,1-3H3. The summed E-state index contributed by atoms with van der Waals surface area (Å²) in [6.45, 7) is 3.53. The molecule has 0 saturated heterocycles. The highest BCUT2D eigenvalue weighted by molar-refractivity contribution is 7.22. The van der Waals surface area contributed by atoms with Crippen LogP contribution in [0.5, 0.6) is 5.75 Å². The molecule has 0 aliphatic rings. The van der Waals surface area contributed by atoms with Gasteiger partial charge < -0.3 is 9.30 Å². The lowest BCUT2D eigenvalue weighted by Gasteiger charge is -2.18. The molecular formula is C37H39FN2O3S. The maximum absolute atomic E-state index is 14.9. The zero-order valence-electron chi connectivity index (χ0n) is 25.6. The van der Waals surface area contributed by atoms with Crippen molar-refractivity contribution in [3.05, 3.63) is 123 Å². The van der Waals surface area contributed by atoms with Crippen molar-refractivity contribution >= 4 is 27.3 Å². The first kappa shape index (κ1) is 31.4. The van der Waals surface area contributed by atoms with E-state index < -0.39 is 0 Å². The van der Waals surface area contributed by atoms with Crippen LogP contribution < -0.4 is 10.2 Å². The minimum atomic E-state index is -0.318. The van der Waals surface area contributed by atoms with E-state index in [0.29, 0.717) is 30.5 Å². The van der Waals surface area contributed by atoms with Crippen molar-refractivity contribution in [2.75, 3.05) is 14.2 Å². The molecule has 5 aromatic rings. The van der Waals surface area contributed by atoms with Gasteiger partial charge in [-0.2, -0.15) is 0 Å². The number of hydrogen-bond acceptors (Lipinski definition) is 5. The number of Topliss-reactive ketones (excluding diaryl/α,β-unsaturated/α-hetero) is 1. The smallest absolute Gasteiger partial charge is 0.201 e. The Hall–Kier alpha value is -4.07. The SMILES string of the molecule is CCCCCCC(=O)c1cn(Cc2ccccc2F)c2sc(-c3ccc(OC)cc3)c(CN(C)Cc3ccccc3)c2c1=O. The van der Waals surface area contributed by atoms with Crippen LogP contribution in [0.3, 0.4) is 0 Å². The second kappa shape index (κ2) is 14.6. The van der Waals surface area contributed by atoms with E-state index in [1.807, 2.05) is 54.1 Å². The number of hydrogen-bond donors (Lipinski definition) is 0. The number of ether oxygens (including phenoxy) is 1. The Morgan fingerprint density at radius 1 is 0.932 bits per heavy atom. The molecule has 0 unspecified atom stereocenters. The third-order valence-electron chi connectivity index (χ3n) is 7.94. The first-order valence-corrected chi connectivity index (χ1v) is 16.0. The van der Waals surface area contributed by atoms with Crippen LogP contribution in [-0.4, -0.2) is 29.4 Å². The van der Waals surface area contributed by atoms with Crippen LogP contribution in [-0.2, 0) is 19.6 Å². The number of carbonyl (C=O) groups is 1. The molecule has 0 aliphatic heterocycles. The first-order valence-electron chi connectivity index (χ1n) is 15.2. The molecule has 3 aromatic carbocycles. The number of aromatic nitrogens is 1. The third-order valence-corrected chi connectivity index (χ3v) is 9.26. The number of carbonyl (C=O) groups excluding carboxylic acids is 1. The quantitative estimate of drug-likeness (QED) is 0.0932. The van der Waals surface area contributed by atoms with E-state index in [0.717, 1.165) is 52.3 Å². The Morgan fingerprint density at radius 3 is 2.36 bits per heavy atom. The summed E-state index contributed by atoms with van der Waals surface area (Å²) in [4.78, 5) is 31.7. The maximum Gasteiger partial charge on any atom is 0.201 e. The number of benzene rings is 3. The van der Waals surface area contributed by atoms with Gasteiger partial charge in [0.15, 0.2) is 5.78 Å². The molecule has 5 nitrogen and oxygen atoms in total. The van der Waals surface area contributed by atoms with E-state index in [9.17, 15) is 14.0 Å². The van der Waals surface area contributed by atoms with Gasteiger partial charge in [-0.15, -0.1) is 11.3 Å². The van der Waals surface area contributed by atoms with Gasteiger partial charge >= 0.3 is 0 Å². The highest BCUT2D eigenvalue weighted by atomic mass is 32.1. The highest BCUT2D eigenvalue weighted by Crippen LogP contribution is 2.39. The van der Waals surface area contributed by atoms with E-state index in [-0.39, 0.29) is 29.1 Å². The van der Waals surface area contributed by atoms with Crippen LogP contribution in [0, 0.1) is 5.82 Å². The molecule has 0 aliphatic carbocycles. The molecule has 228 valence electrons. The fourth-order valence-corrected chi connectivity index (χ4v) is 6.91. The van der Waals surface area contributed by atoms with Gasteiger partial charge in [-0.05, 0) is 60.5 Å². The summed E-state index contributed by atoms with van der Waals surface area (Å²) in [5, 5.41) is 0.538. The summed E-state index contributed by atoms with van der Waals surface area (Å²) < 4.78 is 22.2. The lowest BCUT2D eigenvalue weighted by Crippen LogP contribution is -2.22. The number of fused-ring (bicyclic) bond motifs is 1. The Bertz CT molecular complexity index is 1780. The van der Waals surface area contributed by atoms with Crippen LogP contribution in [0.25, 0.3) is 20.7 Å². The van der Waals surface area contributed by atoms with Crippen molar-refractivity contribution in [3.63, 3.8) is 0 Å². The summed E-state index contributed by atoms with van der Waals surface area (Å²) in [6.07, 6.45) is 5.79.